The summed E-state index contributed by atoms with van der Waals surface area (Å²) in [6.45, 7) is 14.6. The number of hydrogen-bond acceptors (Lipinski definition) is 4. The van der Waals surface area contributed by atoms with Crippen LogP contribution in [0.25, 0.3) is 0 Å². The number of hydrogen-bond donors (Lipinski definition) is 0. The van der Waals surface area contributed by atoms with Crippen molar-refractivity contribution in [2.75, 3.05) is 26.2 Å². The van der Waals surface area contributed by atoms with E-state index in [1.165, 1.54) is 11.3 Å². The Morgan fingerprint density at radius 3 is 2.37 bits per heavy atom. The van der Waals surface area contributed by atoms with Crippen LogP contribution < -0.4 is 4.74 Å². The zero-order valence-corrected chi connectivity index (χ0v) is 19.3. The summed E-state index contributed by atoms with van der Waals surface area (Å²) in [5.41, 5.74) is 4.76. The number of rotatable bonds is 7. The van der Waals surface area contributed by atoms with Gasteiger partial charge in [-0.15, -0.1) is 0 Å². The first-order valence-corrected chi connectivity index (χ1v) is 11.1. The van der Waals surface area contributed by atoms with Gasteiger partial charge in [0, 0.05) is 51.0 Å². The highest BCUT2D eigenvalue weighted by atomic mass is 16.5. The molecule has 3 rings (SSSR count). The molecule has 0 N–H and O–H groups in total. The molecule has 30 heavy (non-hydrogen) atoms. The molecule has 1 amide bonds. The van der Waals surface area contributed by atoms with Gasteiger partial charge in [0.05, 0.1) is 5.69 Å². The highest BCUT2D eigenvalue weighted by Gasteiger charge is 2.29. The fourth-order valence-corrected chi connectivity index (χ4v) is 4.13. The summed E-state index contributed by atoms with van der Waals surface area (Å²) >= 11 is 0. The average molecular weight is 413 g/mol. The number of piperazine rings is 1. The van der Waals surface area contributed by atoms with Gasteiger partial charge in [0.15, 0.2) is 6.10 Å². The van der Waals surface area contributed by atoms with E-state index in [2.05, 4.69) is 43.8 Å². The Bertz CT molecular complexity index is 866. The van der Waals surface area contributed by atoms with Crippen LogP contribution in [0.1, 0.15) is 55.6 Å². The van der Waals surface area contributed by atoms with Crippen LogP contribution in [0, 0.1) is 13.8 Å². The molecule has 1 aromatic heterocycles. The summed E-state index contributed by atoms with van der Waals surface area (Å²) in [6.07, 6.45) is 0.235. The largest absolute Gasteiger partial charge is 0.480 e. The fraction of sp³-hybridized carbons (Fsp3) is 0.583. The third-order valence-electron chi connectivity index (χ3n) is 6.18. The predicted octanol–water partition coefficient (Wildman–Crippen LogP) is 3.66. The number of ether oxygens (including phenoxy) is 1. The molecule has 6 heteroatoms. The highest BCUT2D eigenvalue weighted by molar-refractivity contribution is 5.81. The standard InChI is InChI=1S/C24H36N4O2/c1-7-22(30-23-11-9-8-10-20(23)17(2)3)24(29)28-14-12-27(13-15-28)16-21-18(4)25-26(6)19(21)5/h8-11,17,22H,7,12-16H2,1-6H3. The van der Waals surface area contributed by atoms with Crippen molar-refractivity contribution in [3.05, 3.63) is 46.8 Å². The van der Waals surface area contributed by atoms with Gasteiger partial charge >= 0.3 is 0 Å². The SMILES string of the molecule is CCC(Oc1ccccc1C(C)C)C(=O)N1CCN(Cc2c(C)nn(C)c2C)CC1. The number of aromatic nitrogens is 2. The number of para-hydroxylation sites is 1. The summed E-state index contributed by atoms with van der Waals surface area (Å²) in [4.78, 5) is 17.5. The zero-order chi connectivity index (χ0) is 21.8. The molecule has 1 aromatic carbocycles. The van der Waals surface area contributed by atoms with E-state index in [-0.39, 0.29) is 5.91 Å². The maximum atomic E-state index is 13.2. The molecule has 0 spiro atoms. The fourth-order valence-electron chi connectivity index (χ4n) is 4.13. The summed E-state index contributed by atoms with van der Waals surface area (Å²) in [6, 6.07) is 8.05. The lowest BCUT2D eigenvalue weighted by atomic mass is 10.0. The van der Waals surface area contributed by atoms with Crippen LogP contribution in [0.2, 0.25) is 0 Å². The van der Waals surface area contributed by atoms with E-state index in [1.54, 1.807) is 0 Å². The van der Waals surface area contributed by atoms with Crippen molar-refractivity contribution in [3.63, 3.8) is 0 Å². The Balaban J connectivity index is 1.60. The Morgan fingerprint density at radius 2 is 1.80 bits per heavy atom. The molecule has 2 aromatic rings. The minimum absolute atomic E-state index is 0.101. The molecular weight excluding hydrogens is 376 g/mol. The van der Waals surface area contributed by atoms with Gasteiger partial charge in [-0.2, -0.15) is 5.10 Å². The van der Waals surface area contributed by atoms with Crippen LogP contribution in [0.3, 0.4) is 0 Å². The molecule has 2 heterocycles. The van der Waals surface area contributed by atoms with E-state index in [4.69, 9.17) is 4.74 Å². The summed E-state index contributed by atoms with van der Waals surface area (Å²) < 4.78 is 8.16. The van der Waals surface area contributed by atoms with Crippen LogP contribution in [-0.2, 0) is 18.4 Å². The van der Waals surface area contributed by atoms with Gasteiger partial charge in [-0.25, -0.2) is 0 Å². The topological polar surface area (TPSA) is 50.6 Å². The van der Waals surface area contributed by atoms with Gasteiger partial charge < -0.3 is 9.64 Å². The molecule has 0 radical (unpaired) electrons. The predicted molar refractivity (Wildman–Crippen MR) is 120 cm³/mol. The first-order chi connectivity index (χ1) is 14.3. The molecule has 0 saturated carbocycles. The summed E-state index contributed by atoms with van der Waals surface area (Å²) in [5, 5.41) is 4.52. The molecule has 1 aliphatic rings. The maximum Gasteiger partial charge on any atom is 0.263 e. The second-order valence-electron chi connectivity index (χ2n) is 8.58. The average Bonchev–Trinajstić information content (AvgIpc) is 2.98. The number of nitrogens with zero attached hydrogens (tertiary/aromatic N) is 4. The first-order valence-electron chi connectivity index (χ1n) is 11.1. The first kappa shape index (κ1) is 22.3. The van der Waals surface area contributed by atoms with Crippen LogP contribution >= 0.6 is 0 Å². The van der Waals surface area contributed by atoms with Crippen molar-refractivity contribution < 1.29 is 9.53 Å². The van der Waals surface area contributed by atoms with E-state index < -0.39 is 6.10 Å². The molecular formula is C24H36N4O2. The quantitative estimate of drug-likeness (QED) is 0.696. The molecule has 1 atom stereocenters. The Morgan fingerprint density at radius 1 is 1.13 bits per heavy atom. The molecule has 164 valence electrons. The monoisotopic (exact) mass is 412 g/mol. The van der Waals surface area contributed by atoms with Gasteiger partial charge in [-0.3, -0.25) is 14.4 Å². The molecule has 1 saturated heterocycles. The lowest BCUT2D eigenvalue weighted by molar-refractivity contribution is -0.140. The van der Waals surface area contributed by atoms with Crippen molar-refractivity contribution in [1.82, 2.24) is 19.6 Å². The second kappa shape index (κ2) is 9.65. The lowest BCUT2D eigenvalue weighted by Crippen LogP contribution is -2.52. The summed E-state index contributed by atoms with van der Waals surface area (Å²) in [5.74, 6) is 1.29. The molecule has 1 unspecified atom stereocenters. The van der Waals surface area contributed by atoms with Gasteiger partial charge in [-0.1, -0.05) is 39.0 Å². The van der Waals surface area contributed by atoms with E-state index in [1.807, 2.05) is 41.8 Å². The van der Waals surface area contributed by atoms with Crippen molar-refractivity contribution in [1.29, 1.82) is 0 Å². The van der Waals surface area contributed by atoms with Crippen molar-refractivity contribution in [3.8, 4) is 5.75 Å². The molecule has 0 bridgehead atoms. The zero-order valence-electron chi connectivity index (χ0n) is 19.3. The van der Waals surface area contributed by atoms with Crippen molar-refractivity contribution >= 4 is 5.91 Å². The van der Waals surface area contributed by atoms with Crippen molar-refractivity contribution in [2.45, 2.75) is 59.6 Å². The highest BCUT2D eigenvalue weighted by Crippen LogP contribution is 2.27. The Kier molecular flexibility index (Phi) is 7.19. The molecule has 6 nitrogen and oxygen atoms in total. The number of carbonyl (C=O) groups excluding carboxylic acids is 1. The van der Waals surface area contributed by atoms with E-state index in [0.717, 1.165) is 49.7 Å². The lowest BCUT2D eigenvalue weighted by Gasteiger charge is -2.36. The number of carbonyl (C=O) groups is 1. The minimum atomic E-state index is -0.431. The normalized spacial score (nSPS) is 16.2. The maximum absolute atomic E-state index is 13.2. The van der Waals surface area contributed by atoms with E-state index in [0.29, 0.717) is 12.3 Å². The van der Waals surface area contributed by atoms with Gasteiger partial charge in [0.1, 0.15) is 5.75 Å². The molecule has 1 fully saturated rings. The van der Waals surface area contributed by atoms with Gasteiger partial charge in [0.25, 0.3) is 5.91 Å². The third kappa shape index (κ3) is 4.86. The van der Waals surface area contributed by atoms with Crippen LogP contribution in [-0.4, -0.2) is 57.8 Å². The van der Waals surface area contributed by atoms with Crippen LogP contribution in [0.5, 0.6) is 5.75 Å². The Hall–Kier alpha value is -2.34. The van der Waals surface area contributed by atoms with Gasteiger partial charge in [-0.05, 0) is 37.8 Å². The third-order valence-corrected chi connectivity index (χ3v) is 6.18. The molecule has 0 aliphatic carbocycles. The Labute approximate surface area is 180 Å². The van der Waals surface area contributed by atoms with Crippen LogP contribution in [0.15, 0.2) is 24.3 Å². The minimum Gasteiger partial charge on any atom is -0.480 e. The van der Waals surface area contributed by atoms with Crippen molar-refractivity contribution in [2.24, 2.45) is 7.05 Å². The molecule has 1 aliphatic heterocycles. The van der Waals surface area contributed by atoms with E-state index in [9.17, 15) is 4.79 Å². The smallest absolute Gasteiger partial charge is 0.263 e. The number of aryl methyl sites for hydroxylation is 2. The second-order valence-corrected chi connectivity index (χ2v) is 8.58. The van der Waals surface area contributed by atoms with E-state index >= 15 is 0 Å². The summed E-state index contributed by atoms with van der Waals surface area (Å²) in [7, 11) is 1.99. The van der Waals surface area contributed by atoms with Gasteiger partial charge in [0.2, 0.25) is 0 Å². The van der Waals surface area contributed by atoms with Crippen LogP contribution in [0.4, 0.5) is 0 Å². The number of amides is 1. The number of benzene rings is 1.